The number of ether oxygens (including phenoxy) is 1. The fourth-order valence-corrected chi connectivity index (χ4v) is 2.15. The summed E-state index contributed by atoms with van der Waals surface area (Å²) in [5.74, 6) is -2.70. The van der Waals surface area contributed by atoms with Gasteiger partial charge in [0, 0.05) is 25.9 Å². The van der Waals surface area contributed by atoms with Crippen molar-refractivity contribution in [2.24, 2.45) is 5.73 Å². The van der Waals surface area contributed by atoms with Gasteiger partial charge in [-0.25, -0.2) is 8.78 Å². The van der Waals surface area contributed by atoms with Crippen molar-refractivity contribution in [3.63, 3.8) is 0 Å². The summed E-state index contributed by atoms with van der Waals surface area (Å²) in [6.07, 6.45) is -0.501. The van der Waals surface area contributed by atoms with Crippen molar-refractivity contribution in [2.45, 2.75) is 36.3 Å². The van der Waals surface area contributed by atoms with Crippen LogP contribution in [-0.4, -0.2) is 35.4 Å². The maximum absolute atomic E-state index is 12.6. The molecule has 0 aromatic carbocycles. The number of alkyl halides is 2. The lowest BCUT2D eigenvalue weighted by atomic mass is 9.63. The smallest absolute Gasteiger partial charge is 0.251 e. The van der Waals surface area contributed by atoms with Gasteiger partial charge in [-0.05, 0) is 0 Å². The normalized spacial score (nSPS) is 41.5. The van der Waals surface area contributed by atoms with Gasteiger partial charge >= 0.3 is 0 Å². The van der Waals surface area contributed by atoms with E-state index in [0.717, 1.165) is 0 Å². The molecule has 0 spiro atoms. The predicted octanol–water partition coefficient (Wildman–Crippen LogP) is 0.264. The zero-order valence-corrected chi connectivity index (χ0v) is 7.22. The van der Waals surface area contributed by atoms with Crippen LogP contribution >= 0.6 is 0 Å². The number of aliphatic hydroxyl groups is 1. The molecule has 76 valence electrons. The lowest BCUT2D eigenvalue weighted by Crippen LogP contribution is -2.71. The Morgan fingerprint density at radius 1 is 1.31 bits per heavy atom. The average Bonchev–Trinajstić information content (AvgIpc) is 2.32. The first-order valence-electron chi connectivity index (χ1n) is 4.34. The largest absolute Gasteiger partial charge is 0.385 e. The van der Waals surface area contributed by atoms with Crippen LogP contribution in [0.25, 0.3) is 0 Å². The molecule has 2 rings (SSSR count). The molecule has 1 saturated heterocycles. The minimum absolute atomic E-state index is 0.0829. The van der Waals surface area contributed by atoms with Crippen molar-refractivity contribution in [1.82, 2.24) is 0 Å². The van der Waals surface area contributed by atoms with E-state index in [9.17, 15) is 13.9 Å². The molecule has 5 heteroatoms. The molecule has 2 aliphatic rings. The average molecular weight is 193 g/mol. The molecule has 1 unspecified atom stereocenters. The molecule has 1 aliphatic carbocycles. The second-order valence-electron chi connectivity index (χ2n) is 4.20. The molecule has 0 aromatic heterocycles. The van der Waals surface area contributed by atoms with E-state index >= 15 is 0 Å². The summed E-state index contributed by atoms with van der Waals surface area (Å²) in [5, 5.41) is 9.92. The summed E-state index contributed by atoms with van der Waals surface area (Å²) in [5.41, 5.74) is 3.32. The summed E-state index contributed by atoms with van der Waals surface area (Å²) in [4.78, 5) is 0. The highest BCUT2D eigenvalue weighted by Gasteiger charge is 2.64. The summed E-state index contributed by atoms with van der Waals surface area (Å²) in [6, 6.07) is 0. The third-order valence-corrected chi connectivity index (χ3v) is 3.08. The van der Waals surface area contributed by atoms with E-state index < -0.39 is 29.9 Å². The van der Waals surface area contributed by atoms with Gasteiger partial charge in [0.1, 0.15) is 5.60 Å². The van der Waals surface area contributed by atoms with Crippen molar-refractivity contribution in [1.29, 1.82) is 0 Å². The molecule has 0 radical (unpaired) electrons. The van der Waals surface area contributed by atoms with E-state index in [-0.39, 0.29) is 6.61 Å². The summed E-state index contributed by atoms with van der Waals surface area (Å²) >= 11 is 0. The van der Waals surface area contributed by atoms with E-state index in [1.54, 1.807) is 0 Å². The Bertz CT molecular complexity index is 218. The number of rotatable bonds is 1. The standard InChI is InChI=1S/C8H13F2NO2/c9-8(10)3-6(11,4-8)7(12)1-2-13-5-7/h12H,1-5,11H2. The lowest BCUT2D eigenvalue weighted by Gasteiger charge is -2.52. The zero-order chi connectivity index (χ0) is 9.74. The fourth-order valence-electron chi connectivity index (χ4n) is 2.15. The molecule has 1 aliphatic heterocycles. The zero-order valence-electron chi connectivity index (χ0n) is 7.22. The van der Waals surface area contributed by atoms with Crippen molar-refractivity contribution in [3.8, 4) is 0 Å². The van der Waals surface area contributed by atoms with Crippen LogP contribution in [0.1, 0.15) is 19.3 Å². The summed E-state index contributed by atoms with van der Waals surface area (Å²) < 4.78 is 30.2. The minimum atomic E-state index is -2.70. The second-order valence-corrected chi connectivity index (χ2v) is 4.20. The molecule has 3 nitrogen and oxygen atoms in total. The molecule has 1 saturated carbocycles. The third kappa shape index (κ3) is 1.26. The van der Waals surface area contributed by atoms with Crippen molar-refractivity contribution >= 4 is 0 Å². The number of hydrogen-bond donors (Lipinski definition) is 2. The van der Waals surface area contributed by atoms with E-state index in [1.165, 1.54) is 0 Å². The quantitative estimate of drug-likeness (QED) is 0.628. The highest BCUT2D eigenvalue weighted by molar-refractivity contribution is 5.16. The number of hydrogen-bond acceptors (Lipinski definition) is 3. The van der Waals surface area contributed by atoms with Gasteiger partial charge in [0.2, 0.25) is 0 Å². The number of halogens is 2. The van der Waals surface area contributed by atoms with Crippen LogP contribution in [0.3, 0.4) is 0 Å². The summed E-state index contributed by atoms with van der Waals surface area (Å²) in [7, 11) is 0. The minimum Gasteiger partial charge on any atom is -0.385 e. The van der Waals surface area contributed by atoms with E-state index in [2.05, 4.69) is 0 Å². The van der Waals surface area contributed by atoms with Gasteiger partial charge < -0.3 is 15.6 Å². The first-order valence-corrected chi connectivity index (χ1v) is 4.34. The Morgan fingerprint density at radius 3 is 2.31 bits per heavy atom. The van der Waals surface area contributed by atoms with Crippen molar-refractivity contribution in [2.75, 3.05) is 13.2 Å². The highest BCUT2D eigenvalue weighted by atomic mass is 19.3. The van der Waals surface area contributed by atoms with Gasteiger partial charge in [0.15, 0.2) is 0 Å². The van der Waals surface area contributed by atoms with Crippen LogP contribution in [0.15, 0.2) is 0 Å². The SMILES string of the molecule is NC1(C2(O)CCOC2)CC(F)(F)C1. The van der Waals surface area contributed by atoms with Gasteiger partial charge in [0.25, 0.3) is 5.92 Å². The Hall–Kier alpha value is -0.260. The Morgan fingerprint density at radius 2 is 1.92 bits per heavy atom. The van der Waals surface area contributed by atoms with E-state index in [4.69, 9.17) is 10.5 Å². The van der Waals surface area contributed by atoms with Crippen LogP contribution in [0, 0.1) is 0 Å². The maximum atomic E-state index is 12.6. The molecule has 13 heavy (non-hydrogen) atoms. The molecule has 3 N–H and O–H groups in total. The molecule has 1 atom stereocenters. The van der Waals surface area contributed by atoms with Gasteiger partial charge in [-0.2, -0.15) is 0 Å². The summed E-state index contributed by atoms with van der Waals surface area (Å²) in [6.45, 7) is 0.487. The first-order chi connectivity index (χ1) is 5.87. The highest BCUT2D eigenvalue weighted by Crippen LogP contribution is 2.51. The van der Waals surface area contributed by atoms with Crippen LogP contribution in [0.2, 0.25) is 0 Å². The van der Waals surface area contributed by atoms with E-state index in [0.29, 0.717) is 13.0 Å². The van der Waals surface area contributed by atoms with Gasteiger partial charge in [-0.3, -0.25) is 0 Å². The Labute approximate surface area is 74.9 Å². The maximum Gasteiger partial charge on any atom is 0.251 e. The Kier molecular flexibility index (Phi) is 1.72. The first kappa shape index (κ1) is 9.30. The lowest BCUT2D eigenvalue weighted by molar-refractivity contribution is -0.189. The van der Waals surface area contributed by atoms with E-state index in [1.807, 2.05) is 0 Å². The molecular weight excluding hydrogens is 180 g/mol. The van der Waals surface area contributed by atoms with Gasteiger partial charge in [-0.1, -0.05) is 0 Å². The predicted molar refractivity (Wildman–Crippen MR) is 41.5 cm³/mol. The molecule has 2 fully saturated rings. The second kappa shape index (κ2) is 2.40. The van der Waals surface area contributed by atoms with Crippen molar-refractivity contribution in [3.05, 3.63) is 0 Å². The monoisotopic (exact) mass is 193 g/mol. The molecule has 0 aromatic rings. The van der Waals surface area contributed by atoms with Crippen LogP contribution < -0.4 is 5.73 Å². The molecule has 1 heterocycles. The fraction of sp³-hybridized carbons (Fsp3) is 1.00. The number of nitrogens with two attached hydrogens (primary N) is 1. The molecular formula is C8H13F2NO2. The van der Waals surface area contributed by atoms with Gasteiger partial charge in [-0.15, -0.1) is 0 Å². The Balaban J connectivity index is 2.09. The van der Waals surface area contributed by atoms with Crippen molar-refractivity contribution < 1.29 is 18.6 Å². The van der Waals surface area contributed by atoms with Crippen LogP contribution in [0.4, 0.5) is 8.78 Å². The third-order valence-electron chi connectivity index (χ3n) is 3.08. The van der Waals surface area contributed by atoms with Crippen LogP contribution in [0.5, 0.6) is 0 Å². The molecule has 0 amide bonds. The topological polar surface area (TPSA) is 55.5 Å². The van der Waals surface area contributed by atoms with Gasteiger partial charge in [0.05, 0.1) is 12.1 Å². The molecule has 0 bridgehead atoms. The van der Waals surface area contributed by atoms with Crippen LogP contribution in [-0.2, 0) is 4.74 Å².